The van der Waals surface area contributed by atoms with Gasteiger partial charge in [0.2, 0.25) is 0 Å². The minimum absolute atomic E-state index is 0.154. The predicted octanol–water partition coefficient (Wildman–Crippen LogP) is 0.868. The zero-order valence-electron chi connectivity index (χ0n) is 17.7. The van der Waals surface area contributed by atoms with Gasteiger partial charge in [0, 0.05) is 58.6 Å². The van der Waals surface area contributed by atoms with Crippen molar-refractivity contribution in [1.29, 1.82) is 0 Å². The van der Waals surface area contributed by atoms with Crippen LogP contribution in [0.4, 0.5) is 0 Å². The number of aromatic nitrogens is 2. The zero-order chi connectivity index (χ0) is 20.1. The number of carbonyl (C=O) groups is 1. The van der Waals surface area contributed by atoms with Crippen LogP contribution in [0.15, 0.2) is 4.99 Å². The van der Waals surface area contributed by atoms with Crippen molar-refractivity contribution in [3.63, 3.8) is 0 Å². The first kappa shape index (κ1) is 20.6. The number of aliphatic imine (C=N–C) groups is 1. The van der Waals surface area contributed by atoms with Crippen LogP contribution in [0.5, 0.6) is 0 Å². The van der Waals surface area contributed by atoms with Gasteiger partial charge in [-0.3, -0.25) is 14.5 Å². The molecule has 1 aromatic rings. The molecule has 8 nitrogen and oxygen atoms in total. The molecule has 3 rings (SSSR count). The SMILES string of the molecule is CCNC(=NCCc1c(C)nn(C)c1C)N1CCN(C(=O)C2CCCO2)CC1. The number of carbonyl (C=O) groups excluding carboxylic acids is 1. The minimum Gasteiger partial charge on any atom is -0.368 e. The molecule has 2 aliphatic rings. The van der Waals surface area contributed by atoms with Crippen LogP contribution in [0.3, 0.4) is 0 Å². The average Bonchev–Trinajstić information content (AvgIpc) is 3.31. The Kier molecular flexibility index (Phi) is 6.93. The lowest BCUT2D eigenvalue weighted by atomic mass is 10.1. The maximum absolute atomic E-state index is 12.5. The number of hydrogen-bond acceptors (Lipinski definition) is 4. The van der Waals surface area contributed by atoms with Crippen molar-refractivity contribution in [2.75, 3.05) is 45.9 Å². The van der Waals surface area contributed by atoms with E-state index in [1.807, 2.05) is 16.6 Å². The van der Waals surface area contributed by atoms with Crippen LogP contribution in [-0.2, 0) is 23.0 Å². The van der Waals surface area contributed by atoms with Gasteiger partial charge in [-0.05, 0) is 45.6 Å². The van der Waals surface area contributed by atoms with Crippen LogP contribution in [-0.4, -0.2) is 83.4 Å². The van der Waals surface area contributed by atoms with Gasteiger partial charge < -0.3 is 19.9 Å². The second-order valence-corrected chi connectivity index (χ2v) is 7.57. The first-order valence-corrected chi connectivity index (χ1v) is 10.4. The Balaban J connectivity index is 1.55. The third-order valence-corrected chi connectivity index (χ3v) is 5.71. The molecule has 0 aromatic carbocycles. The molecule has 2 fully saturated rings. The summed E-state index contributed by atoms with van der Waals surface area (Å²) in [5.74, 6) is 1.09. The van der Waals surface area contributed by atoms with Crippen molar-refractivity contribution in [1.82, 2.24) is 24.9 Å². The molecule has 1 unspecified atom stereocenters. The van der Waals surface area contributed by atoms with Crippen LogP contribution in [0.25, 0.3) is 0 Å². The van der Waals surface area contributed by atoms with Crippen molar-refractivity contribution in [3.8, 4) is 0 Å². The van der Waals surface area contributed by atoms with Crippen molar-refractivity contribution in [2.45, 2.75) is 46.1 Å². The number of amides is 1. The third-order valence-electron chi connectivity index (χ3n) is 5.71. The maximum atomic E-state index is 12.5. The number of piperazine rings is 1. The Morgan fingerprint density at radius 2 is 1.96 bits per heavy atom. The van der Waals surface area contributed by atoms with Crippen molar-refractivity contribution >= 4 is 11.9 Å². The predicted molar refractivity (Wildman–Crippen MR) is 109 cm³/mol. The number of nitrogens with zero attached hydrogens (tertiary/aromatic N) is 5. The van der Waals surface area contributed by atoms with Gasteiger partial charge in [-0.25, -0.2) is 0 Å². The molecule has 2 saturated heterocycles. The van der Waals surface area contributed by atoms with E-state index in [9.17, 15) is 4.79 Å². The molecular weight excluding hydrogens is 356 g/mol. The Morgan fingerprint density at radius 1 is 1.25 bits per heavy atom. The number of ether oxygens (including phenoxy) is 1. The van der Waals surface area contributed by atoms with Gasteiger partial charge in [-0.15, -0.1) is 0 Å². The topological polar surface area (TPSA) is 75.0 Å². The lowest BCUT2D eigenvalue weighted by Gasteiger charge is -2.37. The van der Waals surface area contributed by atoms with E-state index in [0.717, 1.165) is 70.2 Å². The highest BCUT2D eigenvalue weighted by molar-refractivity contribution is 5.82. The van der Waals surface area contributed by atoms with Crippen LogP contribution >= 0.6 is 0 Å². The molecule has 0 bridgehead atoms. The summed E-state index contributed by atoms with van der Waals surface area (Å²) in [6, 6.07) is 0. The molecule has 3 heterocycles. The van der Waals surface area contributed by atoms with E-state index in [2.05, 4.69) is 36.1 Å². The highest BCUT2D eigenvalue weighted by Crippen LogP contribution is 2.16. The van der Waals surface area contributed by atoms with Crippen LogP contribution < -0.4 is 5.32 Å². The summed E-state index contributed by atoms with van der Waals surface area (Å²) in [5, 5.41) is 7.89. The first-order valence-electron chi connectivity index (χ1n) is 10.4. The van der Waals surface area contributed by atoms with Gasteiger partial charge >= 0.3 is 0 Å². The standard InChI is InChI=1S/C20H34N6O2/c1-5-21-20(22-9-8-17-15(2)23-24(4)16(17)3)26-12-10-25(11-13-26)19(27)18-7-6-14-28-18/h18H,5-14H2,1-4H3,(H,21,22). The molecule has 0 saturated carbocycles. The summed E-state index contributed by atoms with van der Waals surface area (Å²) in [5.41, 5.74) is 3.58. The lowest BCUT2D eigenvalue weighted by Crippen LogP contribution is -2.55. The van der Waals surface area contributed by atoms with Gasteiger partial charge in [-0.1, -0.05) is 0 Å². The summed E-state index contributed by atoms with van der Waals surface area (Å²) < 4.78 is 7.48. The van der Waals surface area contributed by atoms with E-state index in [0.29, 0.717) is 6.61 Å². The summed E-state index contributed by atoms with van der Waals surface area (Å²) in [7, 11) is 1.98. The van der Waals surface area contributed by atoms with Gasteiger partial charge in [-0.2, -0.15) is 5.10 Å². The van der Waals surface area contributed by atoms with Gasteiger partial charge in [0.1, 0.15) is 6.10 Å². The van der Waals surface area contributed by atoms with Crippen molar-refractivity contribution in [2.24, 2.45) is 12.0 Å². The van der Waals surface area contributed by atoms with E-state index in [-0.39, 0.29) is 12.0 Å². The lowest BCUT2D eigenvalue weighted by molar-refractivity contribution is -0.142. The summed E-state index contributed by atoms with van der Waals surface area (Å²) >= 11 is 0. The molecular formula is C20H34N6O2. The molecule has 0 radical (unpaired) electrons. The Hall–Kier alpha value is -2.09. The van der Waals surface area contributed by atoms with E-state index in [1.165, 1.54) is 11.3 Å². The Labute approximate surface area is 167 Å². The number of rotatable bonds is 5. The minimum atomic E-state index is -0.223. The van der Waals surface area contributed by atoms with E-state index in [4.69, 9.17) is 9.73 Å². The second kappa shape index (κ2) is 9.41. The highest BCUT2D eigenvalue weighted by Gasteiger charge is 2.30. The van der Waals surface area contributed by atoms with Crippen LogP contribution in [0.1, 0.15) is 36.7 Å². The van der Waals surface area contributed by atoms with E-state index >= 15 is 0 Å². The van der Waals surface area contributed by atoms with Crippen molar-refractivity contribution < 1.29 is 9.53 Å². The molecule has 1 atom stereocenters. The van der Waals surface area contributed by atoms with Crippen molar-refractivity contribution in [3.05, 3.63) is 17.0 Å². The normalized spacial score (nSPS) is 20.7. The first-order chi connectivity index (χ1) is 13.5. The number of nitrogens with one attached hydrogen (secondary N) is 1. The number of hydrogen-bond donors (Lipinski definition) is 1. The largest absolute Gasteiger partial charge is 0.368 e. The van der Waals surface area contributed by atoms with Gasteiger partial charge in [0.05, 0.1) is 5.69 Å². The molecule has 1 amide bonds. The molecule has 2 aliphatic heterocycles. The molecule has 0 aliphatic carbocycles. The molecule has 28 heavy (non-hydrogen) atoms. The van der Waals surface area contributed by atoms with E-state index < -0.39 is 0 Å². The quantitative estimate of drug-likeness (QED) is 0.596. The molecule has 1 N–H and O–H groups in total. The fraction of sp³-hybridized carbons (Fsp3) is 0.750. The molecule has 1 aromatic heterocycles. The monoisotopic (exact) mass is 390 g/mol. The Bertz CT molecular complexity index is 700. The fourth-order valence-corrected chi connectivity index (χ4v) is 3.99. The average molecular weight is 391 g/mol. The van der Waals surface area contributed by atoms with Gasteiger partial charge in [0.15, 0.2) is 5.96 Å². The maximum Gasteiger partial charge on any atom is 0.251 e. The smallest absolute Gasteiger partial charge is 0.251 e. The molecule has 0 spiro atoms. The fourth-order valence-electron chi connectivity index (χ4n) is 3.99. The molecule has 156 valence electrons. The number of aryl methyl sites for hydroxylation is 2. The highest BCUT2D eigenvalue weighted by atomic mass is 16.5. The number of guanidine groups is 1. The third kappa shape index (κ3) is 4.66. The van der Waals surface area contributed by atoms with Gasteiger partial charge in [0.25, 0.3) is 5.91 Å². The summed E-state index contributed by atoms with van der Waals surface area (Å²) in [6.07, 6.45) is 2.51. The zero-order valence-corrected chi connectivity index (χ0v) is 17.7. The summed E-state index contributed by atoms with van der Waals surface area (Å²) in [6.45, 7) is 11.6. The summed E-state index contributed by atoms with van der Waals surface area (Å²) in [4.78, 5) is 21.6. The van der Waals surface area contributed by atoms with Crippen LogP contribution in [0, 0.1) is 13.8 Å². The van der Waals surface area contributed by atoms with E-state index in [1.54, 1.807) is 0 Å². The Morgan fingerprint density at radius 3 is 2.54 bits per heavy atom. The molecule has 8 heteroatoms. The second-order valence-electron chi connectivity index (χ2n) is 7.57. The van der Waals surface area contributed by atoms with Crippen LogP contribution in [0.2, 0.25) is 0 Å².